The summed E-state index contributed by atoms with van der Waals surface area (Å²) < 4.78 is 4.75. The minimum Gasteiger partial charge on any atom is -0.465 e. The maximum atomic E-state index is 12.6. The van der Waals surface area contributed by atoms with Crippen molar-refractivity contribution in [1.29, 1.82) is 0 Å². The number of aliphatic hydroxyl groups is 2. The Balaban J connectivity index is 1.60. The van der Waals surface area contributed by atoms with Crippen molar-refractivity contribution >= 4 is 28.9 Å². The number of aryl methyl sites for hydroxylation is 1. The Morgan fingerprint density at radius 2 is 1.94 bits per heavy atom. The van der Waals surface area contributed by atoms with Gasteiger partial charge in [0.25, 0.3) is 0 Å². The van der Waals surface area contributed by atoms with Crippen molar-refractivity contribution in [2.45, 2.75) is 76.5 Å². The summed E-state index contributed by atoms with van der Waals surface area (Å²) in [5.41, 5.74) is 1.61. The topological polar surface area (TPSA) is 87.1 Å². The Morgan fingerprint density at radius 1 is 1.19 bits per heavy atom. The van der Waals surface area contributed by atoms with Crippen LogP contribution in [0.15, 0.2) is 36.4 Å². The highest BCUT2D eigenvalue weighted by atomic mass is 32.1. The molecule has 1 aromatic carbocycles. The summed E-state index contributed by atoms with van der Waals surface area (Å²) in [7, 11) is 1.37. The average Bonchev–Trinajstić information content (AvgIpc) is 3.37. The van der Waals surface area contributed by atoms with Gasteiger partial charge in [0.15, 0.2) is 0 Å². The third-order valence-electron chi connectivity index (χ3n) is 6.04. The van der Waals surface area contributed by atoms with Gasteiger partial charge in [-0.3, -0.25) is 4.79 Å². The van der Waals surface area contributed by atoms with E-state index in [0.29, 0.717) is 11.3 Å². The van der Waals surface area contributed by atoms with Crippen LogP contribution in [0, 0.1) is 0 Å². The Morgan fingerprint density at radius 3 is 2.62 bits per heavy atom. The van der Waals surface area contributed by atoms with E-state index in [1.54, 1.807) is 11.0 Å². The lowest BCUT2D eigenvalue weighted by molar-refractivity contribution is -0.117. The summed E-state index contributed by atoms with van der Waals surface area (Å²) in [5, 5.41) is 20.9. The van der Waals surface area contributed by atoms with Crippen molar-refractivity contribution in [3.05, 3.63) is 51.7 Å². The van der Waals surface area contributed by atoms with E-state index in [9.17, 15) is 19.8 Å². The number of aliphatic hydroxyl groups excluding tert-OH is 2. The predicted molar refractivity (Wildman–Crippen MR) is 126 cm³/mol. The third-order valence-corrected chi connectivity index (χ3v) is 7.16. The first-order chi connectivity index (χ1) is 15.4. The van der Waals surface area contributed by atoms with Crippen LogP contribution in [0.2, 0.25) is 0 Å². The number of hydrogen-bond donors (Lipinski definition) is 2. The van der Waals surface area contributed by atoms with Crippen molar-refractivity contribution in [2.24, 2.45) is 0 Å². The molecule has 0 bridgehead atoms. The van der Waals surface area contributed by atoms with Crippen LogP contribution in [0.4, 0.5) is 5.69 Å². The maximum absolute atomic E-state index is 12.6. The molecule has 0 aliphatic carbocycles. The number of nitrogens with zero attached hydrogens (tertiary/aromatic N) is 1. The number of amides is 1. The summed E-state index contributed by atoms with van der Waals surface area (Å²) in [6.07, 6.45) is 5.11. The van der Waals surface area contributed by atoms with Crippen LogP contribution in [-0.2, 0) is 16.0 Å². The number of benzene rings is 1. The molecule has 2 aromatic rings. The van der Waals surface area contributed by atoms with E-state index in [4.69, 9.17) is 4.74 Å². The van der Waals surface area contributed by atoms with Gasteiger partial charge in [0.05, 0.1) is 31.8 Å². The fourth-order valence-electron chi connectivity index (χ4n) is 4.25. The van der Waals surface area contributed by atoms with Gasteiger partial charge in [-0.05, 0) is 55.5 Å². The summed E-state index contributed by atoms with van der Waals surface area (Å²) in [5.74, 6) is -0.411. The second kappa shape index (κ2) is 11.6. The van der Waals surface area contributed by atoms with Crippen molar-refractivity contribution in [3.63, 3.8) is 0 Å². The first kappa shape index (κ1) is 24.4. The number of carbonyl (C=O) groups excluding carboxylic acids is 2. The summed E-state index contributed by atoms with van der Waals surface area (Å²) >= 11 is 1.42. The first-order valence-electron chi connectivity index (χ1n) is 11.4. The van der Waals surface area contributed by atoms with Gasteiger partial charge in [-0.2, -0.15) is 0 Å². The molecule has 3 atom stereocenters. The molecule has 1 saturated heterocycles. The van der Waals surface area contributed by atoms with Crippen LogP contribution in [0.1, 0.15) is 78.1 Å². The van der Waals surface area contributed by atoms with E-state index in [1.807, 2.05) is 30.3 Å². The number of hydrogen-bond acceptors (Lipinski definition) is 6. The molecule has 7 heteroatoms. The largest absolute Gasteiger partial charge is 0.465 e. The van der Waals surface area contributed by atoms with E-state index in [2.05, 4.69) is 6.92 Å². The van der Waals surface area contributed by atoms with Crippen LogP contribution in [0.3, 0.4) is 0 Å². The van der Waals surface area contributed by atoms with E-state index >= 15 is 0 Å². The Labute approximate surface area is 193 Å². The zero-order chi connectivity index (χ0) is 23.1. The van der Waals surface area contributed by atoms with Gasteiger partial charge < -0.3 is 19.8 Å². The number of anilines is 1. The molecule has 1 aromatic heterocycles. The molecule has 2 N–H and O–H groups in total. The SMILES string of the molecule is CCCCCC(O)c1ccc(N2C(=O)C[C@@H](O)[C@@H]2CCCc2ccc(C(=O)OC)s2)cc1. The van der Waals surface area contributed by atoms with Crippen LogP contribution in [0.25, 0.3) is 0 Å². The lowest BCUT2D eigenvalue weighted by Crippen LogP contribution is -2.37. The average molecular weight is 460 g/mol. The Bertz CT molecular complexity index is 894. The molecule has 0 spiro atoms. The molecule has 0 radical (unpaired) electrons. The van der Waals surface area contributed by atoms with E-state index in [1.165, 1.54) is 18.4 Å². The highest BCUT2D eigenvalue weighted by molar-refractivity contribution is 7.13. The number of ether oxygens (including phenoxy) is 1. The molecule has 1 aliphatic rings. The Hall–Kier alpha value is -2.22. The van der Waals surface area contributed by atoms with Gasteiger partial charge in [-0.1, -0.05) is 38.3 Å². The molecular formula is C25H33NO5S. The van der Waals surface area contributed by atoms with Gasteiger partial charge in [0.1, 0.15) is 4.88 Å². The maximum Gasteiger partial charge on any atom is 0.348 e. The molecule has 1 aliphatic heterocycles. The standard InChI is InChI=1S/C25H33NO5S/c1-3-4-5-9-21(27)17-10-12-18(13-11-17)26-20(22(28)16-24(26)29)8-6-7-19-14-15-23(32-19)25(30)31-2/h10-15,20-22,27-28H,3-9,16H2,1-2H3/t20-,21?,22+/m0/s1. The van der Waals surface area contributed by atoms with Crippen LogP contribution < -0.4 is 4.90 Å². The normalized spacial score (nSPS) is 19.4. The van der Waals surface area contributed by atoms with Crippen molar-refractivity contribution in [1.82, 2.24) is 0 Å². The van der Waals surface area contributed by atoms with Crippen LogP contribution >= 0.6 is 11.3 Å². The van der Waals surface area contributed by atoms with Gasteiger partial charge in [-0.25, -0.2) is 4.79 Å². The molecule has 0 saturated carbocycles. The zero-order valence-corrected chi connectivity index (χ0v) is 19.6. The lowest BCUT2D eigenvalue weighted by Gasteiger charge is -2.27. The van der Waals surface area contributed by atoms with Crippen molar-refractivity contribution in [2.75, 3.05) is 12.0 Å². The molecule has 3 rings (SSSR count). The molecule has 1 amide bonds. The van der Waals surface area contributed by atoms with Gasteiger partial charge in [0, 0.05) is 10.6 Å². The lowest BCUT2D eigenvalue weighted by atomic mass is 10.0. The summed E-state index contributed by atoms with van der Waals surface area (Å²) in [6, 6.07) is 10.9. The van der Waals surface area contributed by atoms with Crippen LogP contribution in [-0.4, -0.2) is 41.3 Å². The fraction of sp³-hybridized carbons (Fsp3) is 0.520. The summed E-state index contributed by atoms with van der Waals surface area (Å²) in [6.45, 7) is 2.14. The molecule has 174 valence electrons. The summed E-state index contributed by atoms with van der Waals surface area (Å²) in [4.78, 5) is 27.6. The second-order valence-corrected chi connectivity index (χ2v) is 9.52. The molecular weight excluding hydrogens is 426 g/mol. The number of carbonyl (C=O) groups is 2. The number of unbranched alkanes of at least 4 members (excludes halogenated alkanes) is 2. The number of methoxy groups -OCH3 is 1. The first-order valence-corrected chi connectivity index (χ1v) is 12.2. The third kappa shape index (κ3) is 5.97. The molecule has 2 heterocycles. The minimum absolute atomic E-state index is 0.0807. The molecule has 32 heavy (non-hydrogen) atoms. The monoisotopic (exact) mass is 459 g/mol. The van der Waals surface area contributed by atoms with Gasteiger partial charge >= 0.3 is 5.97 Å². The molecule has 6 nitrogen and oxygen atoms in total. The Kier molecular flexibility index (Phi) is 8.84. The van der Waals surface area contributed by atoms with Gasteiger partial charge in [0.2, 0.25) is 5.91 Å². The highest BCUT2D eigenvalue weighted by Crippen LogP contribution is 2.32. The molecule has 1 unspecified atom stereocenters. The molecule has 1 fully saturated rings. The van der Waals surface area contributed by atoms with Crippen LogP contribution in [0.5, 0.6) is 0 Å². The van der Waals surface area contributed by atoms with Gasteiger partial charge in [-0.15, -0.1) is 11.3 Å². The predicted octanol–water partition coefficient (Wildman–Crippen LogP) is 4.64. The van der Waals surface area contributed by atoms with E-state index < -0.39 is 12.2 Å². The number of thiophene rings is 1. The highest BCUT2D eigenvalue weighted by Gasteiger charge is 2.39. The number of esters is 1. The fourth-order valence-corrected chi connectivity index (χ4v) is 5.21. The van der Waals surface area contributed by atoms with Crippen molar-refractivity contribution in [3.8, 4) is 0 Å². The smallest absolute Gasteiger partial charge is 0.348 e. The second-order valence-electron chi connectivity index (χ2n) is 8.36. The van der Waals surface area contributed by atoms with Crippen molar-refractivity contribution < 1.29 is 24.5 Å². The quantitative estimate of drug-likeness (QED) is 0.378. The zero-order valence-electron chi connectivity index (χ0n) is 18.8. The van der Waals surface area contributed by atoms with E-state index in [0.717, 1.165) is 54.7 Å². The minimum atomic E-state index is -0.698. The number of rotatable bonds is 11. The van der Waals surface area contributed by atoms with E-state index in [-0.39, 0.29) is 24.3 Å².